The average Bonchev–Trinajstić information content (AvgIpc) is 3.39. The first kappa shape index (κ1) is 36.1. The highest BCUT2D eigenvalue weighted by atomic mass is 32.3. The van der Waals surface area contributed by atoms with Crippen LogP contribution in [0.1, 0.15) is 70.7 Å². The zero-order valence-electron chi connectivity index (χ0n) is 29.1. The van der Waals surface area contributed by atoms with Crippen LogP contribution in [0.5, 0.6) is 0 Å². The first-order chi connectivity index (χ1) is 21.3. The highest BCUT2D eigenvalue weighted by Crippen LogP contribution is 2.36. The zero-order chi connectivity index (χ0) is 33.2. The molecule has 3 aromatic heterocycles. The minimum atomic E-state index is -0.495. The van der Waals surface area contributed by atoms with Crippen molar-refractivity contribution >= 4 is 32.6 Å². The van der Waals surface area contributed by atoms with E-state index in [1.165, 1.54) is 18.2 Å². The van der Waals surface area contributed by atoms with Gasteiger partial charge in [0.2, 0.25) is 0 Å². The average molecular weight is 635 g/mol. The topological polar surface area (TPSA) is 67.7 Å². The molecule has 4 aromatic rings. The van der Waals surface area contributed by atoms with Gasteiger partial charge >= 0.3 is 0 Å². The van der Waals surface area contributed by atoms with Crippen molar-refractivity contribution in [3.05, 3.63) is 78.3 Å². The maximum absolute atomic E-state index is 15.2. The first-order valence-corrected chi connectivity index (χ1v) is 19.2. The van der Waals surface area contributed by atoms with E-state index in [9.17, 15) is 0 Å². The van der Waals surface area contributed by atoms with Crippen molar-refractivity contribution in [3.8, 4) is 11.3 Å². The number of hydrogen-bond acceptors (Lipinski definition) is 5. The lowest BCUT2D eigenvalue weighted by Crippen LogP contribution is -2.16. The van der Waals surface area contributed by atoms with E-state index in [1.807, 2.05) is 51.5 Å². The van der Waals surface area contributed by atoms with Crippen LogP contribution in [0.25, 0.3) is 22.4 Å². The fourth-order valence-corrected chi connectivity index (χ4v) is 6.37. The van der Waals surface area contributed by atoms with Crippen LogP contribution in [-0.2, 0) is 19.4 Å². The van der Waals surface area contributed by atoms with E-state index in [1.54, 1.807) is 12.3 Å². The second-order valence-electron chi connectivity index (χ2n) is 13.6. The Morgan fingerprint density at radius 1 is 1.00 bits per heavy atom. The molecule has 0 atom stereocenters. The SMILES string of the molecule is C=CNCCCc1c(Nc2ccnc3c2ncn3CCCCS(C)(C)C)cc(-c2cc(C)ccc2F)nc1CC(C)(C)C.CC. The Kier molecular flexibility index (Phi) is 13.0. The van der Waals surface area contributed by atoms with Crippen LogP contribution in [0.2, 0.25) is 0 Å². The molecule has 0 aliphatic rings. The molecule has 4 rings (SSSR count). The molecule has 0 aliphatic carbocycles. The summed E-state index contributed by atoms with van der Waals surface area (Å²) in [5.74, 6) is 1.00. The number of imidazole rings is 1. The van der Waals surface area contributed by atoms with E-state index in [2.05, 4.69) is 61.3 Å². The third kappa shape index (κ3) is 10.6. The summed E-state index contributed by atoms with van der Waals surface area (Å²) >= 11 is 0. The second kappa shape index (κ2) is 16.3. The third-order valence-corrected chi connectivity index (χ3v) is 8.89. The smallest absolute Gasteiger partial charge is 0.161 e. The van der Waals surface area contributed by atoms with Gasteiger partial charge in [-0.3, -0.25) is 4.98 Å². The predicted octanol–water partition coefficient (Wildman–Crippen LogP) is 9.44. The summed E-state index contributed by atoms with van der Waals surface area (Å²) in [7, 11) is -0.495. The molecule has 0 spiro atoms. The van der Waals surface area contributed by atoms with E-state index in [0.29, 0.717) is 11.3 Å². The highest BCUT2D eigenvalue weighted by molar-refractivity contribution is 8.32. The number of nitrogens with zero attached hydrogens (tertiary/aromatic N) is 4. The molecule has 6 nitrogen and oxygen atoms in total. The summed E-state index contributed by atoms with van der Waals surface area (Å²) in [5.41, 5.74) is 7.80. The van der Waals surface area contributed by atoms with Crippen molar-refractivity contribution in [3.63, 3.8) is 0 Å². The lowest BCUT2D eigenvalue weighted by atomic mass is 9.87. The summed E-state index contributed by atoms with van der Waals surface area (Å²) in [6.45, 7) is 18.1. The van der Waals surface area contributed by atoms with Crippen molar-refractivity contribution in [2.45, 2.75) is 80.2 Å². The fraction of sp³-hybridized carbons (Fsp3) is 0.486. The number of pyridine rings is 2. The molecular formula is C37H55FN6S. The number of hydrogen-bond donors (Lipinski definition) is 2. The van der Waals surface area contributed by atoms with Crippen LogP contribution in [0, 0.1) is 18.2 Å². The number of halogens is 1. The molecule has 8 heteroatoms. The molecule has 0 bridgehead atoms. The van der Waals surface area contributed by atoms with Crippen molar-refractivity contribution in [2.75, 3.05) is 36.4 Å². The van der Waals surface area contributed by atoms with Gasteiger partial charge in [-0.05, 0) is 105 Å². The van der Waals surface area contributed by atoms with Gasteiger partial charge in [-0.1, -0.05) is 52.8 Å². The van der Waals surface area contributed by atoms with Crippen LogP contribution in [0.3, 0.4) is 0 Å². The summed E-state index contributed by atoms with van der Waals surface area (Å²) < 4.78 is 17.3. The van der Waals surface area contributed by atoms with Crippen molar-refractivity contribution in [1.82, 2.24) is 24.8 Å². The highest BCUT2D eigenvalue weighted by Gasteiger charge is 2.22. The number of rotatable bonds is 14. The molecule has 0 saturated heterocycles. The van der Waals surface area contributed by atoms with Crippen molar-refractivity contribution in [2.24, 2.45) is 5.41 Å². The zero-order valence-corrected chi connectivity index (χ0v) is 29.9. The number of anilines is 2. The molecule has 0 fully saturated rings. The predicted molar refractivity (Wildman–Crippen MR) is 196 cm³/mol. The molecule has 2 N–H and O–H groups in total. The molecule has 0 radical (unpaired) electrons. The minimum Gasteiger partial charge on any atom is -0.391 e. The van der Waals surface area contributed by atoms with Crippen LogP contribution < -0.4 is 10.6 Å². The van der Waals surface area contributed by atoms with E-state index >= 15 is 4.39 Å². The van der Waals surface area contributed by atoms with Crippen LogP contribution in [0.4, 0.5) is 15.8 Å². The lowest BCUT2D eigenvalue weighted by Gasteiger charge is -2.24. The van der Waals surface area contributed by atoms with E-state index in [4.69, 9.17) is 15.0 Å². The third-order valence-electron chi connectivity index (χ3n) is 7.38. The van der Waals surface area contributed by atoms with Crippen molar-refractivity contribution in [1.29, 1.82) is 0 Å². The number of nitrogens with one attached hydrogen (secondary N) is 2. The van der Waals surface area contributed by atoms with Crippen LogP contribution in [-0.4, -0.2) is 50.6 Å². The van der Waals surface area contributed by atoms with Gasteiger partial charge in [0, 0.05) is 36.2 Å². The standard InChI is InChI=1S/C35H49FN6S.C2H6/c1-9-37-17-12-13-26-30(22-31(41-32(26)23-35(3,4)5)27-21-25(2)14-15-28(27)36)40-29-16-18-38-34-33(29)39-24-42(34)19-10-11-20-43(6,7)8;1-2/h9,14-16,18,21-22,24,37H,1,10-13,17,19-20,23H2,2-8H3,(H,38,40,41);1-2H3. The van der Waals surface area contributed by atoms with Gasteiger partial charge in [-0.25, -0.2) is 24.4 Å². The molecule has 3 heterocycles. The van der Waals surface area contributed by atoms with Crippen molar-refractivity contribution < 1.29 is 4.39 Å². The monoisotopic (exact) mass is 634 g/mol. The van der Waals surface area contributed by atoms with Gasteiger partial charge in [0.15, 0.2) is 5.65 Å². The second-order valence-corrected chi connectivity index (χ2v) is 18.1. The summed E-state index contributed by atoms with van der Waals surface area (Å²) in [6, 6.07) is 9.17. The maximum Gasteiger partial charge on any atom is 0.161 e. The first-order valence-electron chi connectivity index (χ1n) is 16.2. The Bertz CT molecular complexity index is 1550. The normalized spacial score (nSPS) is 12.0. The van der Waals surface area contributed by atoms with Gasteiger partial charge in [0.05, 0.1) is 17.7 Å². The summed E-state index contributed by atoms with van der Waals surface area (Å²) in [6.07, 6.45) is 17.4. The van der Waals surface area contributed by atoms with E-state index in [0.717, 1.165) is 78.1 Å². The lowest BCUT2D eigenvalue weighted by molar-refractivity contribution is 0.405. The number of unbranched alkanes of at least 4 members (excludes halogenated alkanes) is 1. The largest absolute Gasteiger partial charge is 0.391 e. The number of aromatic nitrogens is 4. The molecule has 1 aromatic carbocycles. The van der Waals surface area contributed by atoms with E-state index < -0.39 is 10.0 Å². The Balaban J connectivity index is 0.00000271. The maximum atomic E-state index is 15.2. The molecule has 246 valence electrons. The molecule has 0 unspecified atom stereocenters. The number of aryl methyl sites for hydroxylation is 2. The van der Waals surface area contributed by atoms with Gasteiger partial charge in [0.1, 0.15) is 11.3 Å². The van der Waals surface area contributed by atoms with Gasteiger partial charge < -0.3 is 15.2 Å². The molecular weight excluding hydrogens is 580 g/mol. The molecule has 45 heavy (non-hydrogen) atoms. The Hall–Kier alpha value is -3.39. The fourth-order valence-electron chi connectivity index (χ4n) is 5.30. The Morgan fingerprint density at radius 2 is 1.76 bits per heavy atom. The molecule has 0 saturated carbocycles. The number of benzene rings is 1. The van der Waals surface area contributed by atoms with Crippen LogP contribution in [0.15, 0.2) is 55.6 Å². The quantitative estimate of drug-likeness (QED) is 0.135. The van der Waals surface area contributed by atoms with Gasteiger partial charge in [-0.15, -0.1) is 0 Å². The Morgan fingerprint density at radius 3 is 2.44 bits per heavy atom. The number of fused-ring (bicyclic) bond motifs is 1. The van der Waals surface area contributed by atoms with Gasteiger partial charge in [-0.2, -0.15) is 0 Å². The van der Waals surface area contributed by atoms with Crippen LogP contribution >= 0.6 is 10.0 Å². The molecule has 0 amide bonds. The van der Waals surface area contributed by atoms with Gasteiger partial charge in [0.25, 0.3) is 0 Å². The summed E-state index contributed by atoms with van der Waals surface area (Å²) in [5, 5.41) is 6.93. The summed E-state index contributed by atoms with van der Waals surface area (Å²) in [4.78, 5) is 14.6. The minimum absolute atomic E-state index is 0.000644. The van der Waals surface area contributed by atoms with E-state index in [-0.39, 0.29) is 11.2 Å². The Labute approximate surface area is 272 Å². The molecule has 0 aliphatic heterocycles.